The Morgan fingerprint density at radius 3 is 2.23 bits per heavy atom. The third-order valence-electron chi connectivity index (χ3n) is 4.54. The van der Waals surface area contributed by atoms with Gasteiger partial charge in [-0.15, -0.1) is 0 Å². The van der Waals surface area contributed by atoms with Crippen LogP contribution in [-0.2, 0) is 21.7 Å². The molecule has 0 aliphatic rings. The molecule has 35 heavy (non-hydrogen) atoms. The van der Waals surface area contributed by atoms with Crippen molar-refractivity contribution in [1.82, 2.24) is 5.32 Å². The lowest BCUT2D eigenvalue weighted by atomic mass is 10.00. The number of carbonyl (C=O) groups excluding carboxylic acids is 3. The Morgan fingerprint density at radius 1 is 1.00 bits per heavy atom. The van der Waals surface area contributed by atoms with Crippen molar-refractivity contribution in [3.05, 3.63) is 64.7 Å². The van der Waals surface area contributed by atoms with Crippen LogP contribution < -0.4 is 10.6 Å². The molecule has 2 unspecified atom stereocenters. The summed E-state index contributed by atoms with van der Waals surface area (Å²) in [6.45, 7) is 3.04. The molecule has 2 aromatic rings. The number of amides is 3. The highest BCUT2D eigenvalue weighted by Crippen LogP contribution is 2.31. The molecule has 0 fully saturated rings. The van der Waals surface area contributed by atoms with Crippen LogP contribution in [0.1, 0.15) is 38.8 Å². The molecule has 0 aliphatic carbocycles. The molecule has 0 saturated carbocycles. The lowest BCUT2D eigenvalue weighted by molar-refractivity contribution is -0.169. The molecule has 2 atom stereocenters. The van der Waals surface area contributed by atoms with Gasteiger partial charge in [-0.2, -0.15) is 30.7 Å². The Hall–Kier alpha value is -3.22. The molecule has 2 aromatic carbocycles. The van der Waals surface area contributed by atoms with E-state index in [4.69, 9.17) is 0 Å². The van der Waals surface area contributed by atoms with E-state index in [1.165, 1.54) is 31.4 Å². The number of nitrogens with one attached hydrogen (secondary N) is 2. The number of hydrogen-bond donors (Lipinski definition) is 2. The van der Waals surface area contributed by atoms with Crippen molar-refractivity contribution in [3.8, 4) is 0 Å². The van der Waals surface area contributed by atoms with E-state index in [1.54, 1.807) is 13.0 Å². The molecule has 0 saturated heterocycles. The number of benzene rings is 2. The molecule has 0 radical (unpaired) electrons. The average molecular weight is 521 g/mol. The summed E-state index contributed by atoms with van der Waals surface area (Å²) in [6, 6.07) is 7.63. The van der Waals surface area contributed by atoms with Gasteiger partial charge in [0.2, 0.25) is 0 Å². The number of anilines is 1. The normalized spacial score (nSPS) is 13.7. The summed E-state index contributed by atoms with van der Waals surface area (Å²) in [5, 5.41) is 4.89. The van der Waals surface area contributed by atoms with Crippen molar-refractivity contribution in [2.24, 2.45) is 4.36 Å². The molecular weight excluding hydrogens is 500 g/mol. The molecular formula is C22H21F6N3O3S. The van der Waals surface area contributed by atoms with E-state index in [2.05, 4.69) is 15.0 Å². The Bertz CT molecular complexity index is 1160. The molecule has 0 bridgehead atoms. The minimum absolute atomic E-state index is 0.0527. The van der Waals surface area contributed by atoms with Crippen molar-refractivity contribution in [1.29, 1.82) is 0 Å². The molecule has 190 valence electrons. The average Bonchev–Trinajstić information content (AvgIpc) is 2.71. The molecule has 6 nitrogen and oxygen atoms in total. The Labute approximate surface area is 199 Å². The van der Waals surface area contributed by atoms with Crippen LogP contribution in [0.4, 0.5) is 32.0 Å². The van der Waals surface area contributed by atoms with Gasteiger partial charge in [0.15, 0.2) is 0 Å². The van der Waals surface area contributed by atoms with Crippen molar-refractivity contribution in [2.45, 2.75) is 32.2 Å². The summed E-state index contributed by atoms with van der Waals surface area (Å²) in [5.41, 5.74) is -0.866. The van der Waals surface area contributed by atoms with Gasteiger partial charge in [0.1, 0.15) is 0 Å². The molecule has 3 amide bonds. The Kier molecular flexibility index (Phi) is 8.82. The number of aryl methyl sites for hydroxylation is 1. The smallest absolute Gasteiger partial charge is 0.349 e. The van der Waals surface area contributed by atoms with E-state index in [-0.39, 0.29) is 22.6 Å². The number of hydrogen-bond acceptors (Lipinski definition) is 3. The van der Waals surface area contributed by atoms with Crippen LogP contribution in [-0.4, -0.2) is 41.9 Å². The van der Waals surface area contributed by atoms with E-state index in [1.807, 2.05) is 0 Å². The van der Waals surface area contributed by atoms with Gasteiger partial charge >= 0.3 is 18.3 Å². The molecule has 0 aliphatic heterocycles. The van der Waals surface area contributed by atoms with Crippen LogP contribution in [0.25, 0.3) is 0 Å². The van der Waals surface area contributed by atoms with E-state index < -0.39 is 52.4 Å². The zero-order valence-corrected chi connectivity index (χ0v) is 19.5. The summed E-state index contributed by atoms with van der Waals surface area (Å²) in [6.07, 6.45) is -8.38. The van der Waals surface area contributed by atoms with Gasteiger partial charge in [-0.1, -0.05) is 28.9 Å². The predicted octanol–water partition coefficient (Wildman–Crippen LogP) is 4.91. The molecule has 2 rings (SSSR count). The summed E-state index contributed by atoms with van der Waals surface area (Å²) in [5.74, 6) is -3.82. The van der Waals surface area contributed by atoms with Gasteiger partial charge in [0.25, 0.3) is 11.8 Å². The van der Waals surface area contributed by atoms with Gasteiger partial charge in [0, 0.05) is 17.5 Å². The first-order valence-electron chi connectivity index (χ1n) is 9.94. The number of nitrogens with zero attached hydrogens (tertiary/aromatic N) is 1. The highest BCUT2D eigenvalue weighted by molar-refractivity contribution is 7.86. The van der Waals surface area contributed by atoms with Gasteiger partial charge in [-0.25, -0.2) is 0 Å². The molecule has 0 spiro atoms. The maximum absolute atomic E-state index is 12.9. The van der Waals surface area contributed by atoms with Crippen LogP contribution in [0.2, 0.25) is 0 Å². The van der Waals surface area contributed by atoms with Crippen molar-refractivity contribution in [3.63, 3.8) is 0 Å². The zero-order chi connectivity index (χ0) is 26.6. The number of alkyl halides is 6. The van der Waals surface area contributed by atoms with E-state index in [9.17, 15) is 40.7 Å². The molecule has 13 heteroatoms. The first-order chi connectivity index (χ1) is 16.1. The summed E-state index contributed by atoms with van der Waals surface area (Å²) in [4.78, 5) is 36.7. The van der Waals surface area contributed by atoms with Gasteiger partial charge in [-0.05, 0) is 49.9 Å². The number of carbonyl (C=O) groups is 3. The van der Waals surface area contributed by atoms with Crippen LogP contribution in [0.3, 0.4) is 0 Å². The quantitative estimate of drug-likeness (QED) is 0.530. The maximum Gasteiger partial charge on any atom is 0.474 e. The van der Waals surface area contributed by atoms with Crippen LogP contribution in [0, 0.1) is 6.92 Å². The number of halogens is 6. The molecule has 2 N–H and O–H groups in total. The van der Waals surface area contributed by atoms with Crippen LogP contribution in [0.5, 0.6) is 0 Å². The standard InChI is InChI=1S/C22H21F6N3O3S/c1-12-6-4-9-16(18(32)30-15-8-5-7-14(10-15)21(23,24)25)17(12)19(33)29-13(2)11-35(3)31-20(34)22(26,27)28/h4-10,13H,11H2,1-3H3,(H,29,33)(H,30,32). The summed E-state index contributed by atoms with van der Waals surface area (Å²) < 4.78 is 79.0. The minimum Gasteiger partial charge on any atom is -0.349 e. The lowest BCUT2D eigenvalue weighted by Crippen LogP contribution is -2.37. The molecule has 0 heterocycles. The second-order valence-electron chi connectivity index (χ2n) is 7.57. The zero-order valence-electron chi connectivity index (χ0n) is 18.7. The van der Waals surface area contributed by atoms with E-state index in [0.717, 1.165) is 18.2 Å². The fourth-order valence-corrected chi connectivity index (χ4v) is 4.33. The van der Waals surface area contributed by atoms with Gasteiger partial charge in [-0.3, -0.25) is 14.4 Å². The van der Waals surface area contributed by atoms with Gasteiger partial charge < -0.3 is 10.6 Å². The molecule has 0 aromatic heterocycles. The highest BCUT2D eigenvalue weighted by Gasteiger charge is 2.38. The van der Waals surface area contributed by atoms with Gasteiger partial charge in [0.05, 0.1) is 16.7 Å². The third-order valence-corrected chi connectivity index (χ3v) is 6.00. The Morgan fingerprint density at radius 2 is 1.63 bits per heavy atom. The highest BCUT2D eigenvalue weighted by atomic mass is 32.2. The lowest BCUT2D eigenvalue weighted by Gasteiger charge is -2.17. The third kappa shape index (κ3) is 7.91. The first kappa shape index (κ1) is 28.0. The van der Waals surface area contributed by atoms with Crippen molar-refractivity contribution >= 4 is 34.1 Å². The second-order valence-corrected chi connectivity index (χ2v) is 9.28. The van der Waals surface area contributed by atoms with Crippen LogP contribution >= 0.6 is 0 Å². The Balaban J connectivity index is 2.21. The topological polar surface area (TPSA) is 87.6 Å². The van der Waals surface area contributed by atoms with E-state index >= 15 is 0 Å². The summed E-state index contributed by atoms with van der Waals surface area (Å²) in [7, 11) is -1.34. The number of rotatable bonds is 6. The minimum atomic E-state index is -5.09. The fraction of sp³-hybridized carbons (Fsp3) is 0.318. The second kappa shape index (κ2) is 11.0. The predicted molar refractivity (Wildman–Crippen MR) is 119 cm³/mol. The monoisotopic (exact) mass is 521 g/mol. The first-order valence-corrected chi connectivity index (χ1v) is 11.7. The SMILES string of the molecule is Cc1cccc(C(=O)Nc2cccc(C(F)(F)F)c2)c1C(=O)NC(C)CS(C)=NC(=O)C(F)(F)F. The van der Waals surface area contributed by atoms with Crippen molar-refractivity contribution < 1.29 is 40.7 Å². The van der Waals surface area contributed by atoms with E-state index in [0.29, 0.717) is 5.56 Å². The summed E-state index contributed by atoms with van der Waals surface area (Å²) >= 11 is 0. The van der Waals surface area contributed by atoms with Crippen LogP contribution in [0.15, 0.2) is 46.8 Å². The largest absolute Gasteiger partial charge is 0.474 e. The maximum atomic E-state index is 12.9. The fourth-order valence-electron chi connectivity index (χ4n) is 3.06. The van der Waals surface area contributed by atoms with Crippen molar-refractivity contribution in [2.75, 3.05) is 17.3 Å².